The third kappa shape index (κ3) is 6.69. The first kappa shape index (κ1) is 20.9. The Bertz CT molecular complexity index is 735. The Hall–Kier alpha value is -2.38. The largest absolute Gasteiger partial charge is 0.471 e. The second-order valence-electron chi connectivity index (χ2n) is 6.73. The highest BCUT2D eigenvalue weighted by molar-refractivity contribution is 5.73. The Morgan fingerprint density at radius 3 is 2.19 bits per heavy atom. The minimum atomic E-state index is -4.65. The zero-order chi connectivity index (χ0) is 20.0. The van der Waals surface area contributed by atoms with Crippen LogP contribution in [0.25, 0.3) is 11.4 Å². The smallest absolute Gasteiger partial charge is 0.340 e. The molecule has 5 nitrogen and oxygen atoms in total. The fraction of sp³-hybridized carbons (Fsp3) is 0.526. The maximum atomic E-state index is 12.5. The van der Waals surface area contributed by atoms with Gasteiger partial charge in [0.15, 0.2) is 0 Å². The van der Waals surface area contributed by atoms with E-state index in [-0.39, 0.29) is 17.8 Å². The lowest BCUT2D eigenvalue weighted by Crippen LogP contribution is -2.36. The maximum Gasteiger partial charge on any atom is 0.471 e. The molecule has 1 heterocycles. The first-order valence-corrected chi connectivity index (χ1v) is 8.96. The van der Waals surface area contributed by atoms with Crippen LogP contribution in [0.15, 0.2) is 28.8 Å². The molecule has 1 fully saturated rings. The average molecular weight is 383 g/mol. The van der Waals surface area contributed by atoms with Crippen molar-refractivity contribution < 1.29 is 22.5 Å². The van der Waals surface area contributed by atoms with Crippen molar-refractivity contribution in [1.82, 2.24) is 15.0 Å². The van der Waals surface area contributed by atoms with Gasteiger partial charge in [0.2, 0.25) is 11.7 Å². The van der Waals surface area contributed by atoms with Crippen LogP contribution in [-0.4, -0.2) is 33.5 Å². The van der Waals surface area contributed by atoms with Gasteiger partial charge in [0, 0.05) is 25.1 Å². The molecule has 0 atom stereocenters. The summed E-state index contributed by atoms with van der Waals surface area (Å²) in [7, 11) is 0. The van der Waals surface area contributed by atoms with Crippen molar-refractivity contribution in [2.75, 3.05) is 6.54 Å². The maximum absolute atomic E-state index is 12.5. The lowest BCUT2D eigenvalue weighted by molar-refractivity contribution is -0.159. The second-order valence-corrected chi connectivity index (χ2v) is 6.73. The van der Waals surface area contributed by atoms with Gasteiger partial charge in [-0.3, -0.25) is 4.79 Å². The predicted molar refractivity (Wildman–Crippen MR) is 94.8 cm³/mol. The molecule has 1 aliphatic carbocycles. The number of nitrogens with zero attached hydrogens (tertiary/aromatic N) is 3. The van der Waals surface area contributed by atoms with E-state index in [1.807, 2.05) is 13.8 Å². The van der Waals surface area contributed by atoms with Crippen molar-refractivity contribution in [3.05, 3.63) is 35.7 Å². The number of carbonyl (C=O) groups is 1. The summed E-state index contributed by atoms with van der Waals surface area (Å²) in [6.07, 6.45) is 0.496. The van der Waals surface area contributed by atoms with Crippen LogP contribution < -0.4 is 0 Å². The number of hydrogen-bond acceptors (Lipinski definition) is 4. The topological polar surface area (TPSA) is 59.2 Å². The van der Waals surface area contributed by atoms with Crippen LogP contribution in [0.2, 0.25) is 0 Å². The van der Waals surface area contributed by atoms with Crippen molar-refractivity contribution >= 4 is 5.91 Å². The molecule has 0 unspecified atom stereocenters. The monoisotopic (exact) mass is 383 g/mol. The van der Waals surface area contributed by atoms with Gasteiger partial charge in [-0.2, -0.15) is 18.2 Å². The van der Waals surface area contributed by atoms with E-state index in [0.29, 0.717) is 18.5 Å². The summed E-state index contributed by atoms with van der Waals surface area (Å²) in [5, 5.41) is 3.34. The average Bonchev–Trinajstić information content (AvgIpc) is 3.38. The Balaban J connectivity index is 0.000000789. The Labute approximate surface area is 156 Å². The molecule has 1 aromatic carbocycles. The van der Waals surface area contributed by atoms with E-state index in [1.165, 1.54) is 26.2 Å². The third-order valence-electron chi connectivity index (χ3n) is 3.90. The number of amides is 1. The molecule has 0 aliphatic heterocycles. The summed E-state index contributed by atoms with van der Waals surface area (Å²) >= 11 is 0. The molecule has 2 aromatic rings. The quantitative estimate of drug-likeness (QED) is 0.749. The lowest BCUT2D eigenvalue weighted by Gasteiger charge is -2.25. The van der Waals surface area contributed by atoms with Crippen LogP contribution >= 0.6 is 0 Å². The molecule has 27 heavy (non-hydrogen) atoms. The number of benzene rings is 1. The SMILES string of the molecule is C1CC1.CC(=O)N(CCc1ccc(-c2noc(C(F)(F)F)n2)cc1)C(C)C. The van der Waals surface area contributed by atoms with Crippen molar-refractivity contribution in [2.45, 2.75) is 58.7 Å². The van der Waals surface area contributed by atoms with Gasteiger partial charge < -0.3 is 9.42 Å². The van der Waals surface area contributed by atoms with E-state index in [2.05, 4.69) is 14.7 Å². The summed E-state index contributed by atoms with van der Waals surface area (Å²) < 4.78 is 41.6. The molecule has 0 spiro atoms. The van der Waals surface area contributed by atoms with E-state index in [0.717, 1.165) is 5.56 Å². The molecule has 0 saturated heterocycles. The first-order chi connectivity index (χ1) is 12.7. The number of hydrogen-bond donors (Lipinski definition) is 0. The number of rotatable bonds is 5. The fourth-order valence-electron chi connectivity index (χ4n) is 2.31. The summed E-state index contributed by atoms with van der Waals surface area (Å²) in [6, 6.07) is 6.93. The molecule has 148 valence electrons. The summed E-state index contributed by atoms with van der Waals surface area (Å²) in [5.41, 5.74) is 1.40. The van der Waals surface area contributed by atoms with Crippen LogP contribution in [0.5, 0.6) is 0 Å². The Morgan fingerprint density at radius 1 is 1.19 bits per heavy atom. The number of halogens is 3. The molecule has 1 saturated carbocycles. The van der Waals surface area contributed by atoms with Crippen molar-refractivity contribution in [3.63, 3.8) is 0 Å². The molecule has 0 bridgehead atoms. The molecule has 3 rings (SSSR count). The predicted octanol–water partition coefficient (Wildman–Crippen LogP) is 4.73. The van der Waals surface area contributed by atoms with Gasteiger partial charge in [-0.1, -0.05) is 48.7 Å². The molecule has 8 heteroatoms. The summed E-state index contributed by atoms with van der Waals surface area (Å²) in [4.78, 5) is 16.6. The van der Waals surface area contributed by atoms with E-state index in [9.17, 15) is 18.0 Å². The van der Waals surface area contributed by atoms with E-state index < -0.39 is 12.1 Å². The van der Waals surface area contributed by atoms with Crippen LogP contribution in [0.3, 0.4) is 0 Å². The zero-order valence-corrected chi connectivity index (χ0v) is 15.7. The van der Waals surface area contributed by atoms with Crippen LogP contribution in [-0.2, 0) is 17.4 Å². The summed E-state index contributed by atoms with van der Waals surface area (Å²) in [5.74, 6) is -1.47. The van der Waals surface area contributed by atoms with Crippen molar-refractivity contribution in [2.24, 2.45) is 0 Å². The van der Waals surface area contributed by atoms with E-state index in [4.69, 9.17) is 0 Å². The molecule has 1 aliphatic rings. The fourth-order valence-corrected chi connectivity index (χ4v) is 2.31. The molecule has 0 N–H and O–H groups in total. The Kier molecular flexibility index (Phi) is 6.98. The molecule has 0 radical (unpaired) electrons. The second kappa shape index (κ2) is 9.01. The normalized spacial score (nSPS) is 13.1. The molecule has 1 amide bonds. The van der Waals surface area contributed by atoms with Crippen LogP contribution in [0.1, 0.15) is 51.5 Å². The van der Waals surface area contributed by atoms with Gasteiger partial charge in [-0.05, 0) is 25.8 Å². The standard InChI is InChI=1S/C16H18F3N3O2.C3H6/c1-10(2)22(11(3)23)9-8-12-4-6-13(7-5-12)14-20-15(24-21-14)16(17,18)19;1-2-3-1/h4-7,10H,8-9H2,1-3H3;1-3H2. The van der Waals surface area contributed by atoms with E-state index in [1.54, 1.807) is 29.2 Å². The highest BCUT2D eigenvalue weighted by atomic mass is 19.4. The number of aromatic nitrogens is 2. The molecular weight excluding hydrogens is 359 g/mol. The Morgan fingerprint density at radius 2 is 1.78 bits per heavy atom. The number of alkyl halides is 3. The van der Waals surface area contributed by atoms with Crippen molar-refractivity contribution in [3.8, 4) is 11.4 Å². The van der Waals surface area contributed by atoms with Gasteiger partial charge >= 0.3 is 12.1 Å². The van der Waals surface area contributed by atoms with Gasteiger partial charge in [-0.25, -0.2) is 0 Å². The van der Waals surface area contributed by atoms with Crippen LogP contribution in [0.4, 0.5) is 13.2 Å². The summed E-state index contributed by atoms with van der Waals surface area (Å²) in [6.45, 7) is 5.99. The zero-order valence-electron chi connectivity index (χ0n) is 15.7. The van der Waals surface area contributed by atoms with E-state index >= 15 is 0 Å². The van der Waals surface area contributed by atoms with Gasteiger partial charge in [0.1, 0.15) is 0 Å². The molecular formula is C19H24F3N3O2. The third-order valence-corrected chi connectivity index (χ3v) is 3.90. The van der Waals surface area contributed by atoms with Gasteiger partial charge in [0.05, 0.1) is 0 Å². The highest BCUT2D eigenvalue weighted by Gasteiger charge is 2.38. The number of carbonyl (C=O) groups excluding carboxylic acids is 1. The molecule has 1 aromatic heterocycles. The van der Waals surface area contributed by atoms with Gasteiger partial charge in [-0.15, -0.1) is 0 Å². The van der Waals surface area contributed by atoms with Crippen molar-refractivity contribution in [1.29, 1.82) is 0 Å². The van der Waals surface area contributed by atoms with Crippen LogP contribution in [0, 0.1) is 0 Å². The highest BCUT2D eigenvalue weighted by Crippen LogP contribution is 2.29. The minimum Gasteiger partial charge on any atom is -0.340 e. The lowest BCUT2D eigenvalue weighted by atomic mass is 10.1. The first-order valence-electron chi connectivity index (χ1n) is 8.96. The van der Waals surface area contributed by atoms with Gasteiger partial charge in [0.25, 0.3) is 0 Å². The minimum absolute atomic E-state index is 0.00750.